The molecule has 1 unspecified atom stereocenters. The fraction of sp³-hybridized carbons (Fsp3) is 0.727. The Hall–Kier alpha value is -1.37. The van der Waals surface area contributed by atoms with Gasteiger partial charge in [-0.3, -0.25) is 0 Å². The Morgan fingerprint density at radius 2 is 2.06 bits per heavy atom. The van der Waals surface area contributed by atoms with Crippen molar-refractivity contribution in [3.8, 4) is 5.88 Å². The van der Waals surface area contributed by atoms with Gasteiger partial charge in [0.2, 0.25) is 5.82 Å². The summed E-state index contributed by atoms with van der Waals surface area (Å²) in [6, 6.07) is 0. The van der Waals surface area contributed by atoms with Crippen molar-refractivity contribution < 1.29 is 14.3 Å². The maximum absolute atomic E-state index is 11.3. The fourth-order valence-corrected chi connectivity index (χ4v) is 2.44. The third-order valence-corrected chi connectivity index (χ3v) is 3.42. The third-order valence-electron chi connectivity index (χ3n) is 2.92. The average molecular weight is 271 g/mol. The third kappa shape index (κ3) is 2.90. The van der Waals surface area contributed by atoms with Crippen LogP contribution in [0.1, 0.15) is 26.2 Å². The van der Waals surface area contributed by atoms with E-state index < -0.39 is 12.1 Å². The number of nitrogens with zero attached hydrogens (tertiary/aromatic N) is 3. The van der Waals surface area contributed by atoms with Crippen LogP contribution in [0.15, 0.2) is 0 Å². The minimum absolute atomic E-state index is 0.410. The summed E-state index contributed by atoms with van der Waals surface area (Å²) in [5, 5.41) is 0. The predicted molar refractivity (Wildman–Crippen MR) is 68.1 cm³/mol. The molecule has 0 saturated carbocycles. The number of esters is 1. The minimum atomic E-state index is -0.664. The maximum Gasteiger partial charge on any atom is 0.346 e. The predicted octanol–water partition coefficient (Wildman–Crippen LogP) is 1.47. The highest BCUT2D eigenvalue weighted by molar-refractivity contribution is 6.99. The number of rotatable bonds is 4. The normalized spacial score (nSPS) is 17.3. The molecule has 1 saturated heterocycles. The van der Waals surface area contributed by atoms with E-state index in [0.29, 0.717) is 5.88 Å². The number of ether oxygens (including phenoxy) is 2. The first-order valence-electron chi connectivity index (χ1n) is 6.04. The summed E-state index contributed by atoms with van der Waals surface area (Å²) in [4.78, 5) is 13.5. The van der Waals surface area contributed by atoms with Crippen LogP contribution in [0.2, 0.25) is 0 Å². The summed E-state index contributed by atoms with van der Waals surface area (Å²) < 4.78 is 18.5. The minimum Gasteiger partial charge on any atom is -0.466 e. The Kier molecular flexibility index (Phi) is 4.35. The number of piperidine rings is 1. The molecule has 6 nitrogen and oxygen atoms in total. The van der Waals surface area contributed by atoms with Crippen molar-refractivity contribution in [2.45, 2.75) is 32.3 Å². The van der Waals surface area contributed by atoms with Gasteiger partial charge in [-0.2, -0.15) is 4.37 Å². The summed E-state index contributed by atoms with van der Waals surface area (Å²) in [5.41, 5.74) is 0. The molecule has 1 aliphatic rings. The standard InChI is InChI=1S/C11H17N3O3S/c1-8(11(15)16-2)17-10-9(12-18-13-10)14-6-4-3-5-7-14/h8H,3-7H2,1-2H3. The molecule has 100 valence electrons. The van der Waals surface area contributed by atoms with Crippen LogP contribution in [0.5, 0.6) is 5.88 Å². The van der Waals surface area contributed by atoms with E-state index in [4.69, 9.17) is 4.74 Å². The highest BCUT2D eigenvalue weighted by Gasteiger charge is 2.23. The quantitative estimate of drug-likeness (QED) is 0.773. The van der Waals surface area contributed by atoms with Gasteiger partial charge in [0.05, 0.1) is 18.8 Å². The van der Waals surface area contributed by atoms with Crippen LogP contribution in [-0.2, 0) is 9.53 Å². The van der Waals surface area contributed by atoms with E-state index in [2.05, 4.69) is 18.4 Å². The van der Waals surface area contributed by atoms with Crippen molar-refractivity contribution in [2.24, 2.45) is 0 Å². The van der Waals surface area contributed by atoms with Gasteiger partial charge in [0.25, 0.3) is 5.88 Å². The molecule has 7 heteroatoms. The zero-order valence-electron chi connectivity index (χ0n) is 10.6. The molecule has 1 atom stereocenters. The summed E-state index contributed by atoms with van der Waals surface area (Å²) in [6.45, 7) is 3.58. The van der Waals surface area contributed by atoms with Gasteiger partial charge < -0.3 is 14.4 Å². The van der Waals surface area contributed by atoms with Crippen molar-refractivity contribution >= 4 is 23.5 Å². The zero-order chi connectivity index (χ0) is 13.0. The van der Waals surface area contributed by atoms with Crippen molar-refractivity contribution in [3.05, 3.63) is 0 Å². The molecule has 0 radical (unpaired) electrons. The van der Waals surface area contributed by atoms with E-state index in [1.807, 2.05) is 0 Å². The largest absolute Gasteiger partial charge is 0.466 e. The Morgan fingerprint density at radius 3 is 2.72 bits per heavy atom. The average Bonchev–Trinajstić information content (AvgIpc) is 2.86. The topological polar surface area (TPSA) is 64.5 Å². The first kappa shape index (κ1) is 13.1. The molecule has 1 aliphatic heterocycles. The Bertz CT molecular complexity index is 404. The summed E-state index contributed by atoms with van der Waals surface area (Å²) in [5.74, 6) is 0.767. The van der Waals surface area contributed by atoms with Gasteiger partial charge >= 0.3 is 5.97 Å². The van der Waals surface area contributed by atoms with Crippen molar-refractivity contribution in [1.29, 1.82) is 0 Å². The molecular formula is C11H17N3O3S. The number of carbonyl (C=O) groups is 1. The lowest BCUT2D eigenvalue weighted by Gasteiger charge is -2.26. The number of hydrogen-bond donors (Lipinski definition) is 0. The van der Waals surface area contributed by atoms with E-state index in [-0.39, 0.29) is 0 Å². The molecular weight excluding hydrogens is 254 g/mol. The van der Waals surface area contributed by atoms with Crippen molar-refractivity contribution in [3.63, 3.8) is 0 Å². The van der Waals surface area contributed by atoms with Crippen LogP contribution in [0.4, 0.5) is 5.82 Å². The van der Waals surface area contributed by atoms with Gasteiger partial charge in [0.15, 0.2) is 6.10 Å². The van der Waals surface area contributed by atoms with Crippen LogP contribution < -0.4 is 9.64 Å². The number of anilines is 1. The molecule has 0 bridgehead atoms. The van der Waals surface area contributed by atoms with Crippen molar-refractivity contribution in [1.82, 2.24) is 8.75 Å². The second kappa shape index (κ2) is 5.99. The molecule has 1 aromatic rings. The molecule has 0 aliphatic carbocycles. The monoisotopic (exact) mass is 271 g/mol. The second-order valence-corrected chi connectivity index (χ2v) is 4.75. The van der Waals surface area contributed by atoms with Gasteiger partial charge in [-0.15, -0.1) is 4.37 Å². The van der Waals surface area contributed by atoms with Gasteiger partial charge in [-0.05, 0) is 26.2 Å². The van der Waals surface area contributed by atoms with E-state index >= 15 is 0 Å². The first-order chi connectivity index (χ1) is 8.72. The zero-order valence-corrected chi connectivity index (χ0v) is 11.4. The van der Waals surface area contributed by atoms with Gasteiger partial charge in [0.1, 0.15) is 0 Å². The smallest absolute Gasteiger partial charge is 0.346 e. The van der Waals surface area contributed by atoms with Crippen LogP contribution in [0.3, 0.4) is 0 Å². The highest BCUT2D eigenvalue weighted by atomic mass is 32.1. The van der Waals surface area contributed by atoms with Gasteiger partial charge in [-0.25, -0.2) is 4.79 Å². The summed E-state index contributed by atoms with van der Waals surface area (Å²) in [7, 11) is 1.34. The van der Waals surface area contributed by atoms with E-state index in [0.717, 1.165) is 43.5 Å². The Morgan fingerprint density at radius 1 is 1.33 bits per heavy atom. The molecule has 1 aromatic heterocycles. The second-order valence-electron chi connectivity index (χ2n) is 4.22. The lowest BCUT2D eigenvalue weighted by Crippen LogP contribution is -2.31. The number of methoxy groups -OCH3 is 1. The van der Waals surface area contributed by atoms with E-state index in [9.17, 15) is 4.79 Å². The molecule has 2 rings (SSSR count). The van der Waals surface area contributed by atoms with Crippen molar-refractivity contribution in [2.75, 3.05) is 25.1 Å². The molecule has 2 heterocycles. The molecule has 1 fully saturated rings. The highest BCUT2D eigenvalue weighted by Crippen LogP contribution is 2.28. The molecule has 18 heavy (non-hydrogen) atoms. The van der Waals surface area contributed by atoms with Crippen LogP contribution in [-0.4, -0.2) is 41.0 Å². The number of aromatic nitrogens is 2. The van der Waals surface area contributed by atoms with Crippen LogP contribution in [0.25, 0.3) is 0 Å². The number of hydrogen-bond acceptors (Lipinski definition) is 7. The molecule has 0 N–H and O–H groups in total. The van der Waals surface area contributed by atoms with E-state index in [1.54, 1.807) is 6.92 Å². The number of carbonyl (C=O) groups excluding carboxylic acids is 1. The summed E-state index contributed by atoms with van der Waals surface area (Å²) in [6.07, 6.45) is 2.90. The Balaban J connectivity index is 2.05. The molecule has 0 spiro atoms. The molecule has 0 amide bonds. The SMILES string of the molecule is COC(=O)C(C)Oc1nsnc1N1CCCCC1. The summed E-state index contributed by atoms with van der Waals surface area (Å²) >= 11 is 1.10. The Labute approximate surface area is 110 Å². The van der Waals surface area contributed by atoms with Crippen LogP contribution >= 0.6 is 11.7 Å². The lowest BCUT2D eigenvalue weighted by atomic mass is 10.1. The lowest BCUT2D eigenvalue weighted by molar-refractivity contribution is -0.148. The van der Waals surface area contributed by atoms with Gasteiger partial charge in [0, 0.05) is 13.1 Å². The van der Waals surface area contributed by atoms with Crippen LogP contribution in [0, 0.1) is 0 Å². The molecule has 0 aromatic carbocycles. The van der Waals surface area contributed by atoms with E-state index in [1.165, 1.54) is 13.5 Å². The first-order valence-corrected chi connectivity index (χ1v) is 6.77. The maximum atomic E-state index is 11.3. The van der Waals surface area contributed by atoms with Gasteiger partial charge in [-0.1, -0.05) is 0 Å². The fourth-order valence-electron chi connectivity index (χ4n) is 1.93.